The molecule has 2 amide bonds. The third-order valence-electron chi connectivity index (χ3n) is 4.17. The summed E-state index contributed by atoms with van der Waals surface area (Å²) < 4.78 is 23.2. The molecule has 1 fully saturated rings. The summed E-state index contributed by atoms with van der Waals surface area (Å²) in [6.07, 6.45) is 0.440. The zero-order valence-corrected chi connectivity index (χ0v) is 14.3. The number of amides is 2. The van der Waals surface area contributed by atoms with Gasteiger partial charge in [-0.2, -0.15) is 0 Å². The lowest BCUT2D eigenvalue weighted by molar-refractivity contribution is 0.242. The lowest BCUT2D eigenvalue weighted by Gasteiger charge is -2.24. The molecule has 0 saturated carbocycles. The molecule has 3 rings (SSSR count). The Labute approximate surface area is 142 Å². The van der Waals surface area contributed by atoms with Crippen LogP contribution in [0.5, 0.6) is 0 Å². The molecule has 2 aromatic carbocycles. The molecule has 6 heteroatoms. The van der Waals surface area contributed by atoms with Crippen molar-refractivity contribution in [2.75, 3.05) is 16.8 Å². The molecule has 1 heterocycles. The van der Waals surface area contributed by atoms with Crippen molar-refractivity contribution in [3.8, 4) is 11.1 Å². The molecule has 1 aliphatic rings. The van der Waals surface area contributed by atoms with Crippen molar-refractivity contribution in [3.63, 3.8) is 0 Å². The highest BCUT2D eigenvalue weighted by Gasteiger charge is 2.39. The Bertz CT molecular complexity index is 832. The SMILES string of the molecule is CC1(NC(=O)Nc2ccc(-c3ccccc3)cc2)CCS(=O)(=O)C1. The standard InChI is InChI=1S/C18H20N2O3S/c1-18(11-12-24(22,23)13-18)20-17(21)19-16-9-7-15(8-10-16)14-5-3-2-4-6-14/h2-10H,11-13H2,1H3,(H2,19,20,21). The van der Waals surface area contributed by atoms with Crippen molar-refractivity contribution in [1.82, 2.24) is 5.32 Å². The normalized spacial score (nSPS) is 22.0. The van der Waals surface area contributed by atoms with E-state index in [4.69, 9.17) is 0 Å². The van der Waals surface area contributed by atoms with Gasteiger partial charge in [0.2, 0.25) is 0 Å². The zero-order chi connectivity index (χ0) is 17.2. The number of carbonyl (C=O) groups is 1. The number of nitrogens with one attached hydrogen (secondary N) is 2. The number of benzene rings is 2. The highest BCUT2D eigenvalue weighted by molar-refractivity contribution is 7.91. The first-order valence-electron chi connectivity index (χ1n) is 7.80. The van der Waals surface area contributed by atoms with Gasteiger partial charge in [-0.15, -0.1) is 0 Å². The minimum absolute atomic E-state index is 0.0135. The van der Waals surface area contributed by atoms with Crippen molar-refractivity contribution in [2.24, 2.45) is 0 Å². The topological polar surface area (TPSA) is 75.3 Å². The summed E-state index contributed by atoms with van der Waals surface area (Å²) in [4.78, 5) is 12.1. The van der Waals surface area contributed by atoms with E-state index >= 15 is 0 Å². The van der Waals surface area contributed by atoms with Gasteiger partial charge in [0, 0.05) is 5.69 Å². The lowest BCUT2D eigenvalue weighted by atomic mass is 10.0. The molecule has 2 aromatic rings. The third-order valence-corrected chi connectivity index (χ3v) is 6.07. The van der Waals surface area contributed by atoms with Crippen LogP contribution in [-0.4, -0.2) is 31.5 Å². The van der Waals surface area contributed by atoms with Gasteiger partial charge in [0.25, 0.3) is 0 Å². The number of hydrogen-bond donors (Lipinski definition) is 2. The fraction of sp³-hybridized carbons (Fsp3) is 0.278. The number of rotatable bonds is 3. The van der Waals surface area contributed by atoms with Gasteiger partial charge in [-0.05, 0) is 36.6 Å². The average Bonchev–Trinajstić information content (AvgIpc) is 2.82. The first kappa shape index (κ1) is 16.5. The molecule has 0 aliphatic carbocycles. The smallest absolute Gasteiger partial charge is 0.319 e. The lowest BCUT2D eigenvalue weighted by Crippen LogP contribution is -2.48. The molecule has 24 heavy (non-hydrogen) atoms. The minimum atomic E-state index is -3.05. The van der Waals surface area contributed by atoms with Crippen LogP contribution in [0.25, 0.3) is 11.1 Å². The van der Waals surface area contributed by atoms with Gasteiger partial charge in [0.05, 0.1) is 17.0 Å². The molecule has 126 valence electrons. The van der Waals surface area contributed by atoms with Crippen LogP contribution in [0.3, 0.4) is 0 Å². The molecule has 1 atom stereocenters. The summed E-state index contributed by atoms with van der Waals surface area (Å²) in [6.45, 7) is 1.76. The van der Waals surface area contributed by atoms with Crippen molar-refractivity contribution >= 4 is 21.6 Å². The van der Waals surface area contributed by atoms with E-state index in [0.29, 0.717) is 12.1 Å². The van der Waals surface area contributed by atoms with E-state index in [-0.39, 0.29) is 17.5 Å². The molecular weight excluding hydrogens is 324 g/mol. The maximum Gasteiger partial charge on any atom is 0.319 e. The second-order valence-corrected chi connectivity index (χ2v) is 8.61. The fourth-order valence-corrected chi connectivity index (χ4v) is 5.02. The second-order valence-electron chi connectivity index (χ2n) is 6.43. The number of anilines is 1. The Kier molecular flexibility index (Phi) is 4.32. The van der Waals surface area contributed by atoms with E-state index < -0.39 is 15.4 Å². The van der Waals surface area contributed by atoms with E-state index in [9.17, 15) is 13.2 Å². The molecule has 5 nitrogen and oxygen atoms in total. The molecular formula is C18H20N2O3S. The van der Waals surface area contributed by atoms with Crippen LogP contribution in [0, 0.1) is 0 Å². The van der Waals surface area contributed by atoms with Gasteiger partial charge in [-0.25, -0.2) is 13.2 Å². The van der Waals surface area contributed by atoms with Crippen LogP contribution in [0.15, 0.2) is 54.6 Å². The monoisotopic (exact) mass is 344 g/mol. The van der Waals surface area contributed by atoms with Crippen LogP contribution >= 0.6 is 0 Å². The number of carbonyl (C=O) groups excluding carboxylic acids is 1. The highest BCUT2D eigenvalue weighted by atomic mass is 32.2. The number of sulfone groups is 1. The van der Waals surface area contributed by atoms with Crippen LogP contribution < -0.4 is 10.6 Å². The van der Waals surface area contributed by atoms with Gasteiger partial charge < -0.3 is 10.6 Å². The molecule has 1 aliphatic heterocycles. The van der Waals surface area contributed by atoms with Crippen molar-refractivity contribution in [2.45, 2.75) is 18.9 Å². The molecule has 0 radical (unpaired) electrons. The molecule has 0 bridgehead atoms. The van der Waals surface area contributed by atoms with Crippen LogP contribution in [0.4, 0.5) is 10.5 Å². The molecule has 0 aromatic heterocycles. The van der Waals surface area contributed by atoms with Gasteiger partial charge in [-0.1, -0.05) is 42.5 Å². The maximum absolute atomic E-state index is 12.1. The Hall–Kier alpha value is -2.34. The average molecular weight is 344 g/mol. The predicted octanol–water partition coefficient (Wildman–Crippen LogP) is 3.05. The van der Waals surface area contributed by atoms with E-state index in [1.54, 1.807) is 6.92 Å². The number of hydrogen-bond acceptors (Lipinski definition) is 3. The summed E-state index contributed by atoms with van der Waals surface area (Å²) >= 11 is 0. The van der Waals surface area contributed by atoms with Gasteiger partial charge >= 0.3 is 6.03 Å². The first-order valence-corrected chi connectivity index (χ1v) is 9.63. The number of urea groups is 1. The Morgan fingerprint density at radius 1 is 1.00 bits per heavy atom. The van der Waals surface area contributed by atoms with Crippen LogP contribution in [0.1, 0.15) is 13.3 Å². The van der Waals surface area contributed by atoms with Gasteiger partial charge in [0.1, 0.15) is 0 Å². The second kappa shape index (κ2) is 6.28. The van der Waals surface area contributed by atoms with Crippen molar-refractivity contribution < 1.29 is 13.2 Å². The van der Waals surface area contributed by atoms with Crippen molar-refractivity contribution in [3.05, 3.63) is 54.6 Å². The Balaban J connectivity index is 1.63. The van der Waals surface area contributed by atoms with E-state index in [0.717, 1.165) is 11.1 Å². The summed E-state index contributed by atoms with van der Waals surface area (Å²) in [5, 5.41) is 5.53. The quantitative estimate of drug-likeness (QED) is 0.898. The maximum atomic E-state index is 12.1. The van der Waals surface area contributed by atoms with E-state index in [1.807, 2.05) is 54.6 Å². The first-order chi connectivity index (χ1) is 11.4. The van der Waals surface area contributed by atoms with Crippen LogP contribution in [0.2, 0.25) is 0 Å². The minimum Gasteiger partial charge on any atom is -0.332 e. The molecule has 0 spiro atoms. The summed E-state index contributed by atoms with van der Waals surface area (Å²) in [5.41, 5.74) is 2.14. The summed E-state index contributed by atoms with van der Waals surface area (Å²) in [7, 11) is -3.05. The van der Waals surface area contributed by atoms with Gasteiger partial charge in [-0.3, -0.25) is 0 Å². The Morgan fingerprint density at radius 2 is 1.62 bits per heavy atom. The zero-order valence-electron chi connectivity index (χ0n) is 13.5. The highest BCUT2D eigenvalue weighted by Crippen LogP contribution is 2.24. The van der Waals surface area contributed by atoms with Gasteiger partial charge in [0.15, 0.2) is 9.84 Å². The molecule has 1 saturated heterocycles. The van der Waals surface area contributed by atoms with E-state index in [2.05, 4.69) is 10.6 Å². The molecule has 2 N–H and O–H groups in total. The third kappa shape index (κ3) is 3.94. The fourth-order valence-electron chi connectivity index (χ4n) is 2.92. The predicted molar refractivity (Wildman–Crippen MR) is 95.7 cm³/mol. The van der Waals surface area contributed by atoms with E-state index in [1.165, 1.54) is 0 Å². The molecule has 1 unspecified atom stereocenters. The summed E-state index contributed by atoms with van der Waals surface area (Å²) in [6, 6.07) is 17.1. The van der Waals surface area contributed by atoms with Crippen LogP contribution in [-0.2, 0) is 9.84 Å². The Morgan fingerprint density at radius 3 is 2.21 bits per heavy atom. The largest absolute Gasteiger partial charge is 0.332 e. The van der Waals surface area contributed by atoms with Crippen molar-refractivity contribution in [1.29, 1.82) is 0 Å². The summed E-state index contributed by atoms with van der Waals surface area (Å²) in [5.74, 6) is 0.107.